The van der Waals surface area contributed by atoms with Crippen LogP contribution in [0.15, 0.2) is 0 Å². The molecule has 0 aromatic carbocycles. The summed E-state index contributed by atoms with van der Waals surface area (Å²) < 4.78 is 11.6. The quantitative estimate of drug-likeness (QED) is 0.867. The Morgan fingerprint density at radius 3 is 2.57 bits per heavy atom. The molecule has 0 bridgehead atoms. The fraction of sp³-hybridized carbons (Fsp3) is 0.941. The molecule has 2 unspecified atom stereocenters. The molecule has 3 aliphatic rings. The summed E-state index contributed by atoms with van der Waals surface area (Å²) in [4.78, 5) is 13.3. The van der Waals surface area contributed by atoms with Crippen LogP contribution in [0.1, 0.15) is 46.0 Å². The molecule has 3 heterocycles. The van der Waals surface area contributed by atoms with Gasteiger partial charge in [-0.2, -0.15) is 0 Å². The van der Waals surface area contributed by atoms with Crippen LogP contribution in [-0.2, 0) is 14.3 Å². The number of Topliss-reactive ketones (excluding diaryl/α,β-unsaturated/α-hetero) is 1. The predicted octanol–water partition coefficient (Wildman–Crippen LogP) is 2.17. The van der Waals surface area contributed by atoms with Gasteiger partial charge in [-0.25, -0.2) is 0 Å². The summed E-state index contributed by atoms with van der Waals surface area (Å²) >= 11 is 0. The second-order valence-corrected chi connectivity index (χ2v) is 7.44. The van der Waals surface area contributed by atoms with E-state index in [0.717, 1.165) is 65.0 Å². The Morgan fingerprint density at radius 1 is 1.19 bits per heavy atom. The van der Waals surface area contributed by atoms with Crippen molar-refractivity contribution in [1.29, 1.82) is 0 Å². The maximum atomic E-state index is 13.3. The first-order chi connectivity index (χ1) is 10.1. The molecule has 0 saturated carbocycles. The number of nitrogens with one attached hydrogen (secondary N) is 1. The maximum absolute atomic E-state index is 13.3. The van der Waals surface area contributed by atoms with Gasteiger partial charge in [-0.1, -0.05) is 13.8 Å². The SMILES string of the molecule is CC(C)C1(C(=O)C2CCOC3(CCOCC3)C2)CCNC1. The summed E-state index contributed by atoms with van der Waals surface area (Å²) in [6, 6.07) is 0. The Morgan fingerprint density at radius 2 is 1.95 bits per heavy atom. The lowest BCUT2D eigenvalue weighted by atomic mass is 9.66. The second-order valence-electron chi connectivity index (χ2n) is 7.44. The molecule has 2 atom stereocenters. The monoisotopic (exact) mass is 295 g/mol. The number of ether oxygens (including phenoxy) is 2. The first-order valence-corrected chi connectivity index (χ1v) is 8.55. The van der Waals surface area contributed by atoms with Crippen molar-refractivity contribution in [3.63, 3.8) is 0 Å². The molecule has 3 aliphatic heterocycles. The zero-order valence-electron chi connectivity index (χ0n) is 13.5. The van der Waals surface area contributed by atoms with Gasteiger partial charge in [-0.15, -0.1) is 0 Å². The second kappa shape index (κ2) is 5.98. The highest BCUT2D eigenvalue weighted by atomic mass is 16.5. The van der Waals surface area contributed by atoms with E-state index in [1.54, 1.807) is 0 Å². The standard InChI is InChI=1S/C17H29NO3/c1-13(2)17(4-7-18-12-17)15(19)14-3-8-21-16(11-14)5-9-20-10-6-16/h13-14,18H,3-12H2,1-2H3. The molecule has 3 saturated heterocycles. The summed E-state index contributed by atoms with van der Waals surface area (Å²) in [5, 5.41) is 3.41. The Balaban J connectivity index is 1.74. The van der Waals surface area contributed by atoms with Crippen molar-refractivity contribution < 1.29 is 14.3 Å². The third kappa shape index (κ3) is 2.78. The highest BCUT2D eigenvalue weighted by molar-refractivity contribution is 5.88. The lowest BCUT2D eigenvalue weighted by Crippen LogP contribution is -2.50. The summed E-state index contributed by atoms with van der Waals surface area (Å²) in [6.45, 7) is 8.53. The summed E-state index contributed by atoms with van der Waals surface area (Å²) in [6.07, 6.45) is 4.70. The lowest BCUT2D eigenvalue weighted by Gasteiger charge is -2.45. The van der Waals surface area contributed by atoms with Crippen molar-refractivity contribution in [2.24, 2.45) is 17.3 Å². The van der Waals surface area contributed by atoms with E-state index in [4.69, 9.17) is 9.47 Å². The third-order valence-corrected chi connectivity index (χ3v) is 6.05. The highest BCUT2D eigenvalue weighted by Crippen LogP contribution is 2.44. The maximum Gasteiger partial charge on any atom is 0.143 e. The minimum absolute atomic E-state index is 0.0823. The average molecular weight is 295 g/mol. The van der Waals surface area contributed by atoms with Crippen molar-refractivity contribution in [3.8, 4) is 0 Å². The number of hydrogen-bond acceptors (Lipinski definition) is 4. The molecule has 4 nitrogen and oxygen atoms in total. The molecular weight excluding hydrogens is 266 g/mol. The minimum atomic E-state index is -0.144. The van der Waals surface area contributed by atoms with Crippen LogP contribution >= 0.6 is 0 Å². The number of rotatable bonds is 3. The summed E-state index contributed by atoms with van der Waals surface area (Å²) in [5.41, 5.74) is -0.227. The molecule has 1 N–H and O–H groups in total. The lowest BCUT2D eigenvalue weighted by molar-refractivity contribution is -0.163. The van der Waals surface area contributed by atoms with Crippen molar-refractivity contribution in [1.82, 2.24) is 5.32 Å². The van der Waals surface area contributed by atoms with Crippen LogP contribution < -0.4 is 5.32 Å². The van der Waals surface area contributed by atoms with Crippen LogP contribution in [0.4, 0.5) is 0 Å². The fourth-order valence-corrected chi connectivity index (χ4v) is 4.45. The zero-order chi connectivity index (χ0) is 14.9. The van der Waals surface area contributed by atoms with Gasteiger partial charge < -0.3 is 14.8 Å². The van der Waals surface area contributed by atoms with Gasteiger partial charge in [0.15, 0.2) is 0 Å². The van der Waals surface area contributed by atoms with Gasteiger partial charge in [-0.3, -0.25) is 4.79 Å². The average Bonchev–Trinajstić information content (AvgIpc) is 2.98. The van der Waals surface area contributed by atoms with E-state index < -0.39 is 0 Å². The van der Waals surface area contributed by atoms with Crippen LogP contribution in [0.2, 0.25) is 0 Å². The number of carbonyl (C=O) groups excluding carboxylic acids is 1. The number of carbonyl (C=O) groups is 1. The predicted molar refractivity (Wildman–Crippen MR) is 81.2 cm³/mol. The molecule has 0 aromatic rings. The van der Waals surface area contributed by atoms with E-state index in [1.807, 2.05) is 0 Å². The normalized spacial score (nSPS) is 36.2. The molecule has 0 aromatic heterocycles. The summed E-state index contributed by atoms with van der Waals surface area (Å²) in [5.74, 6) is 1.09. The molecule has 1 spiro atoms. The van der Waals surface area contributed by atoms with Gasteiger partial charge in [0.05, 0.1) is 5.60 Å². The van der Waals surface area contributed by atoms with Gasteiger partial charge >= 0.3 is 0 Å². The zero-order valence-corrected chi connectivity index (χ0v) is 13.5. The molecule has 3 rings (SSSR count). The van der Waals surface area contributed by atoms with Gasteiger partial charge in [0.2, 0.25) is 0 Å². The smallest absolute Gasteiger partial charge is 0.143 e. The van der Waals surface area contributed by atoms with Crippen LogP contribution in [0.5, 0.6) is 0 Å². The molecule has 0 amide bonds. The Bertz CT molecular complexity index is 376. The van der Waals surface area contributed by atoms with Crippen LogP contribution in [0.3, 0.4) is 0 Å². The van der Waals surface area contributed by atoms with E-state index >= 15 is 0 Å². The van der Waals surface area contributed by atoms with Crippen LogP contribution in [0, 0.1) is 17.3 Å². The van der Waals surface area contributed by atoms with Gasteiger partial charge in [0, 0.05) is 37.7 Å². The fourth-order valence-electron chi connectivity index (χ4n) is 4.45. The van der Waals surface area contributed by atoms with Crippen LogP contribution in [0.25, 0.3) is 0 Å². The molecule has 0 radical (unpaired) electrons. The van der Waals surface area contributed by atoms with E-state index in [2.05, 4.69) is 19.2 Å². The molecule has 4 heteroatoms. The highest BCUT2D eigenvalue weighted by Gasteiger charge is 2.49. The van der Waals surface area contributed by atoms with Crippen LogP contribution in [-0.4, -0.2) is 44.3 Å². The van der Waals surface area contributed by atoms with E-state index in [9.17, 15) is 4.79 Å². The van der Waals surface area contributed by atoms with Crippen molar-refractivity contribution in [3.05, 3.63) is 0 Å². The Kier molecular flexibility index (Phi) is 4.40. The van der Waals surface area contributed by atoms with E-state index in [-0.39, 0.29) is 16.9 Å². The summed E-state index contributed by atoms with van der Waals surface area (Å²) in [7, 11) is 0. The molecule has 0 aliphatic carbocycles. The van der Waals surface area contributed by atoms with Crippen molar-refractivity contribution in [2.45, 2.75) is 51.6 Å². The molecular formula is C17H29NO3. The van der Waals surface area contributed by atoms with Crippen molar-refractivity contribution >= 4 is 5.78 Å². The Labute approximate surface area is 127 Å². The van der Waals surface area contributed by atoms with Gasteiger partial charge in [-0.05, 0) is 44.6 Å². The number of ketones is 1. The van der Waals surface area contributed by atoms with Gasteiger partial charge in [0.25, 0.3) is 0 Å². The topological polar surface area (TPSA) is 47.6 Å². The van der Waals surface area contributed by atoms with E-state index in [1.165, 1.54) is 0 Å². The van der Waals surface area contributed by atoms with Gasteiger partial charge in [0.1, 0.15) is 5.78 Å². The largest absolute Gasteiger partial charge is 0.381 e. The molecule has 120 valence electrons. The molecule has 3 fully saturated rings. The van der Waals surface area contributed by atoms with E-state index in [0.29, 0.717) is 11.7 Å². The Hall–Kier alpha value is -0.450. The first-order valence-electron chi connectivity index (χ1n) is 8.55. The first kappa shape index (κ1) is 15.4. The third-order valence-electron chi connectivity index (χ3n) is 6.05. The molecule has 21 heavy (non-hydrogen) atoms. The number of hydrogen-bond donors (Lipinski definition) is 1. The van der Waals surface area contributed by atoms with Crippen molar-refractivity contribution in [2.75, 3.05) is 32.9 Å². The minimum Gasteiger partial charge on any atom is -0.381 e.